The maximum Gasteiger partial charge on any atom is 0.321 e. The smallest absolute Gasteiger partial charge is 0.321 e. The van der Waals surface area contributed by atoms with Crippen LogP contribution < -0.4 is 20.1 Å². The fraction of sp³-hybridized carbons (Fsp3) is 0.500. The second-order valence-electron chi connectivity index (χ2n) is 5.94. The quantitative estimate of drug-likeness (QED) is 0.680. The molecular weight excluding hydrogens is 340 g/mol. The van der Waals surface area contributed by atoms with Crippen LogP contribution >= 0.6 is 0 Å². The molecule has 8 heteroatoms. The summed E-state index contributed by atoms with van der Waals surface area (Å²) in [5, 5.41) is 4.64. The number of imide groups is 1. The summed E-state index contributed by atoms with van der Waals surface area (Å²) in [6, 6.07) is 4.61. The molecular formula is C18H26N2O6. The maximum atomic E-state index is 11.9. The van der Waals surface area contributed by atoms with Crippen molar-refractivity contribution in [1.29, 1.82) is 0 Å². The van der Waals surface area contributed by atoms with Crippen LogP contribution in [-0.4, -0.2) is 44.3 Å². The lowest BCUT2D eigenvalue weighted by molar-refractivity contribution is -0.154. The van der Waals surface area contributed by atoms with Crippen LogP contribution in [0.3, 0.4) is 0 Å². The number of rotatable bonds is 8. The number of benzene rings is 1. The highest BCUT2D eigenvalue weighted by Crippen LogP contribution is 2.27. The third-order valence-electron chi connectivity index (χ3n) is 3.40. The first-order valence-electron chi connectivity index (χ1n) is 8.28. The summed E-state index contributed by atoms with van der Waals surface area (Å²) in [5.74, 6) is -0.0413. The van der Waals surface area contributed by atoms with Gasteiger partial charge >= 0.3 is 12.0 Å². The van der Waals surface area contributed by atoms with Gasteiger partial charge < -0.3 is 19.5 Å². The van der Waals surface area contributed by atoms with Gasteiger partial charge in [-0.3, -0.25) is 14.9 Å². The topological polar surface area (TPSA) is 103 Å². The van der Waals surface area contributed by atoms with Crippen molar-refractivity contribution in [2.75, 3.05) is 14.2 Å². The molecule has 1 aromatic carbocycles. The normalized spacial score (nSPS) is 11.5. The lowest BCUT2D eigenvalue weighted by atomic mass is 10.1. The monoisotopic (exact) mass is 366 g/mol. The highest BCUT2D eigenvalue weighted by molar-refractivity contribution is 5.97. The first kappa shape index (κ1) is 21.3. The fourth-order valence-electron chi connectivity index (χ4n) is 2.10. The van der Waals surface area contributed by atoms with Crippen molar-refractivity contribution in [3.63, 3.8) is 0 Å². The zero-order valence-corrected chi connectivity index (χ0v) is 15.8. The Morgan fingerprint density at radius 1 is 1.04 bits per heavy atom. The average Bonchev–Trinajstić information content (AvgIpc) is 2.58. The molecule has 1 aromatic rings. The number of ether oxygens (including phenoxy) is 3. The molecule has 1 rings (SSSR count). The molecule has 0 heterocycles. The predicted octanol–water partition coefficient (Wildman–Crippen LogP) is 1.80. The summed E-state index contributed by atoms with van der Waals surface area (Å²) in [7, 11) is 3.08. The van der Waals surface area contributed by atoms with Crippen molar-refractivity contribution in [3.8, 4) is 11.5 Å². The summed E-state index contributed by atoms with van der Waals surface area (Å²) in [6.07, 6.45) is -0.557. The number of amides is 3. The lowest BCUT2D eigenvalue weighted by Gasteiger charge is -2.14. The Balaban J connectivity index is 2.48. The van der Waals surface area contributed by atoms with Crippen molar-refractivity contribution in [1.82, 2.24) is 10.6 Å². The zero-order valence-electron chi connectivity index (χ0n) is 15.8. The van der Waals surface area contributed by atoms with Gasteiger partial charge in [0.15, 0.2) is 17.6 Å². The van der Waals surface area contributed by atoms with E-state index in [1.807, 2.05) is 6.07 Å². The number of hydrogen-bond acceptors (Lipinski definition) is 6. The molecule has 0 fully saturated rings. The van der Waals surface area contributed by atoms with Gasteiger partial charge in [0.2, 0.25) is 0 Å². The van der Waals surface area contributed by atoms with Gasteiger partial charge in [-0.05, 0) is 44.9 Å². The molecule has 8 nitrogen and oxygen atoms in total. The maximum absolute atomic E-state index is 11.9. The molecule has 0 aliphatic carbocycles. The predicted molar refractivity (Wildman–Crippen MR) is 95.2 cm³/mol. The first-order valence-corrected chi connectivity index (χ1v) is 8.28. The van der Waals surface area contributed by atoms with Crippen LogP contribution in [0.1, 0.15) is 32.8 Å². The number of nitrogens with one attached hydrogen (secondary N) is 2. The summed E-state index contributed by atoms with van der Waals surface area (Å²) >= 11 is 0. The molecule has 0 unspecified atom stereocenters. The number of hydrogen-bond donors (Lipinski definition) is 2. The zero-order chi connectivity index (χ0) is 19.7. The van der Waals surface area contributed by atoms with Crippen LogP contribution in [0.25, 0.3) is 0 Å². The molecule has 0 radical (unpaired) electrons. The van der Waals surface area contributed by atoms with E-state index in [2.05, 4.69) is 10.6 Å². The van der Waals surface area contributed by atoms with E-state index in [1.54, 1.807) is 33.1 Å². The van der Waals surface area contributed by atoms with Gasteiger partial charge in [0.1, 0.15) is 0 Å². The van der Waals surface area contributed by atoms with Gasteiger partial charge in [-0.2, -0.15) is 0 Å². The minimum Gasteiger partial charge on any atom is -0.493 e. The van der Waals surface area contributed by atoms with Gasteiger partial charge in [-0.15, -0.1) is 0 Å². The highest BCUT2D eigenvalue weighted by atomic mass is 16.5. The SMILES string of the molecule is COc1ccc(CCC(=O)O[C@@H](C)C(=O)NC(=O)NC(C)C)cc1OC. The molecule has 0 aliphatic rings. The van der Waals surface area contributed by atoms with Crippen LogP contribution in [0.2, 0.25) is 0 Å². The molecule has 0 bridgehead atoms. The molecule has 2 N–H and O–H groups in total. The molecule has 26 heavy (non-hydrogen) atoms. The third kappa shape index (κ3) is 7.00. The van der Waals surface area contributed by atoms with E-state index >= 15 is 0 Å². The van der Waals surface area contributed by atoms with Crippen LogP contribution in [0.4, 0.5) is 4.79 Å². The van der Waals surface area contributed by atoms with Crippen molar-refractivity contribution < 1.29 is 28.6 Å². The molecule has 144 valence electrons. The molecule has 3 amide bonds. The van der Waals surface area contributed by atoms with Crippen LogP contribution in [-0.2, 0) is 20.7 Å². The van der Waals surface area contributed by atoms with Crippen molar-refractivity contribution in [3.05, 3.63) is 23.8 Å². The second kappa shape index (κ2) is 10.3. The van der Waals surface area contributed by atoms with E-state index < -0.39 is 24.0 Å². The summed E-state index contributed by atoms with van der Waals surface area (Å²) in [5.41, 5.74) is 0.869. The highest BCUT2D eigenvalue weighted by Gasteiger charge is 2.20. The Hall–Kier alpha value is -2.77. The van der Waals surface area contributed by atoms with Gasteiger partial charge in [-0.25, -0.2) is 4.79 Å². The third-order valence-corrected chi connectivity index (χ3v) is 3.40. The fourth-order valence-corrected chi connectivity index (χ4v) is 2.10. The van der Waals surface area contributed by atoms with E-state index in [0.29, 0.717) is 17.9 Å². The number of urea groups is 1. The van der Waals surface area contributed by atoms with Crippen LogP contribution in [0, 0.1) is 0 Å². The average molecular weight is 366 g/mol. The van der Waals surface area contributed by atoms with Crippen LogP contribution in [0.15, 0.2) is 18.2 Å². The molecule has 0 aromatic heterocycles. The molecule has 1 atom stereocenters. The molecule has 0 saturated heterocycles. The standard InChI is InChI=1S/C18H26N2O6/c1-11(2)19-18(23)20-17(22)12(3)26-16(21)9-7-13-6-8-14(24-4)15(10-13)25-5/h6,8,10-12H,7,9H2,1-5H3,(H2,19,20,22,23)/t12-/m0/s1. The number of carbonyl (C=O) groups is 3. The van der Waals surface area contributed by atoms with Gasteiger partial charge in [0.05, 0.1) is 14.2 Å². The largest absolute Gasteiger partial charge is 0.493 e. The summed E-state index contributed by atoms with van der Waals surface area (Å²) < 4.78 is 15.4. The Kier molecular flexibility index (Phi) is 8.41. The van der Waals surface area contributed by atoms with E-state index in [4.69, 9.17) is 14.2 Å². The Bertz CT molecular complexity index is 645. The van der Waals surface area contributed by atoms with Crippen molar-refractivity contribution in [2.24, 2.45) is 0 Å². The lowest BCUT2D eigenvalue weighted by Crippen LogP contribution is -2.46. The number of aryl methyl sites for hydroxylation is 1. The van der Waals surface area contributed by atoms with Crippen molar-refractivity contribution in [2.45, 2.75) is 45.8 Å². The molecule has 0 spiro atoms. The summed E-state index contributed by atoms with van der Waals surface area (Å²) in [4.78, 5) is 35.2. The Morgan fingerprint density at radius 3 is 2.27 bits per heavy atom. The van der Waals surface area contributed by atoms with Gasteiger partial charge in [0, 0.05) is 12.5 Å². The minimum absolute atomic E-state index is 0.0886. The first-order chi connectivity index (χ1) is 12.3. The van der Waals surface area contributed by atoms with Crippen molar-refractivity contribution >= 4 is 17.9 Å². The Morgan fingerprint density at radius 2 is 1.69 bits per heavy atom. The van der Waals surface area contributed by atoms with E-state index in [-0.39, 0.29) is 12.5 Å². The molecule has 0 aliphatic heterocycles. The number of esters is 1. The molecule has 0 saturated carbocycles. The van der Waals surface area contributed by atoms with E-state index in [1.165, 1.54) is 14.0 Å². The van der Waals surface area contributed by atoms with E-state index in [9.17, 15) is 14.4 Å². The van der Waals surface area contributed by atoms with Gasteiger partial charge in [0.25, 0.3) is 5.91 Å². The van der Waals surface area contributed by atoms with Crippen LogP contribution in [0.5, 0.6) is 11.5 Å². The Labute approximate surface area is 153 Å². The van der Waals surface area contributed by atoms with Gasteiger partial charge in [-0.1, -0.05) is 6.07 Å². The minimum atomic E-state index is -1.06. The second-order valence-corrected chi connectivity index (χ2v) is 5.94. The number of methoxy groups -OCH3 is 2. The van der Waals surface area contributed by atoms with E-state index in [0.717, 1.165) is 5.56 Å². The number of carbonyl (C=O) groups excluding carboxylic acids is 3. The summed E-state index contributed by atoms with van der Waals surface area (Å²) in [6.45, 7) is 4.94.